The quantitative estimate of drug-likeness (QED) is 0.816. The molecule has 2 heterocycles. The van der Waals surface area contributed by atoms with Crippen molar-refractivity contribution in [3.8, 4) is 0 Å². The molecule has 0 saturated heterocycles. The summed E-state index contributed by atoms with van der Waals surface area (Å²) in [4.78, 5) is 30.6. The number of aromatic nitrogens is 2. The van der Waals surface area contributed by atoms with Crippen LogP contribution in [-0.2, 0) is 11.2 Å². The van der Waals surface area contributed by atoms with E-state index >= 15 is 0 Å². The van der Waals surface area contributed by atoms with Gasteiger partial charge < -0.3 is 5.11 Å². The van der Waals surface area contributed by atoms with E-state index in [1.807, 2.05) is 5.38 Å². The Morgan fingerprint density at radius 1 is 1.38 bits per heavy atom. The topological polar surface area (TPSA) is 92.2 Å². The summed E-state index contributed by atoms with van der Waals surface area (Å²) in [5.41, 5.74) is 1.22. The normalized spacial score (nSPS) is 10.3. The highest BCUT2D eigenvalue weighted by atomic mass is 79.9. The number of hydrogen-bond donors (Lipinski definition) is 2. The first-order chi connectivity index (χ1) is 10.0. The van der Waals surface area contributed by atoms with Crippen LogP contribution in [0, 0.1) is 0 Å². The molecule has 110 valence electrons. The minimum Gasteiger partial charge on any atom is -0.481 e. The van der Waals surface area contributed by atoms with E-state index in [0.717, 1.165) is 10.2 Å². The van der Waals surface area contributed by atoms with Crippen molar-refractivity contribution in [2.75, 3.05) is 5.32 Å². The summed E-state index contributed by atoms with van der Waals surface area (Å²) >= 11 is 4.57. The zero-order chi connectivity index (χ0) is 15.2. The number of halogens is 1. The van der Waals surface area contributed by atoms with E-state index in [1.165, 1.54) is 17.5 Å². The van der Waals surface area contributed by atoms with Gasteiger partial charge in [-0.15, -0.1) is 11.3 Å². The van der Waals surface area contributed by atoms with Crippen LogP contribution in [0.5, 0.6) is 0 Å². The Morgan fingerprint density at radius 3 is 2.90 bits per heavy atom. The summed E-state index contributed by atoms with van der Waals surface area (Å²) in [6.45, 7) is 0. The molecule has 6 nitrogen and oxygen atoms in total. The highest BCUT2D eigenvalue weighted by Gasteiger charge is 2.10. The van der Waals surface area contributed by atoms with Crippen LogP contribution in [0.15, 0.2) is 28.3 Å². The Morgan fingerprint density at radius 2 is 2.19 bits per heavy atom. The van der Waals surface area contributed by atoms with E-state index in [4.69, 9.17) is 5.11 Å². The minimum absolute atomic E-state index is 0.114. The number of pyridine rings is 1. The summed E-state index contributed by atoms with van der Waals surface area (Å²) in [5.74, 6) is -1.10. The number of carbonyl (C=O) groups excluding carboxylic acids is 1. The predicted octanol–water partition coefficient (Wildman–Crippen LogP) is 2.96. The molecule has 0 saturated carbocycles. The van der Waals surface area contributed by atoms with Crippen LogP contribution in [0.4, 0.5) is 5.13 Å². The molecule has 0 fully saturated rings. The van der Waals surface area contributed by atoms with Crippen LogP contribution in [-0.4, -0.2) is 27.0 Å². The molecule has 0 aromatic carbocycles. The van der Waals surface area contributed by atoms with Crippen LogP contribution in [0.2, 0.25) is 0 Å². The third-order valence-corrected chi connectivity index (χ3v) is 3.80. The van der Waals surface area contributed by atoms with Crippen LogP contribution in [0.3, 0.4) is 0 Å². The summed E-state index contributed by atoms with van der Waals surface area (Å²) in [6, 6.07) is 1.67. The Kier molecular flexibility index (Phi) is 5.40. The van der Waals surface area contributed by atoms with Crippen molar-refractivity contribution in [2.45, 2.75) is 19.3 Å². The maximum Gasteiger partial charge on any atom is 0.303 e. The maximum atomic E-state index is 12.0. The van der Waals surface area contributed by atoms with E-state index in [9.17, 15) is 9.59 Å². The first-order valence-electron chi connectivity index (χ1n) is 6.12. The first-order valence-corrected chi connectivity index (χ1v) is 7.80. The molecule has 0 atom stereocenters. The van der Waals surface area contributed by atoms with Gasteiger partial charge in [-0.1, -0.05) is 0 Å². The monoisotopic (exact) mass is 369 g/mol. The number of nitrogens with zero attached hydrogens (tertiary/aromatic N) is 2. The van der Waals surface area contributed by atoms with Gasteiger partial charge in [0.25, 0.3) is 5.91 Å². The smallest absolute Gasteiger partial charge is 0.303 e. The molecule has 21 heavy (non-hydrogen) atoms. The van der Waals surface area contributed by atoms with Gasteiger partial charge in [0, 0.05) is 28.7 Å². The van der Waals surface area contributed by atoms with Gasteiger partial charge in [0.2, 0.25) is 0 Å². The molecule has 2 N–H and O–H groups in total. The Bertz CT molecular complexity index is 660. The SMILES string of the molecule is O=C(O)CCCc1csc(NC(=O)c2cncc(Br)c2)n1. The summed E-state index contributed by atoms with van der Waals surface area (Å²) in [5, 5.41) is 13.6. The van der Waals surface area contributed by atoms with E-state index in [0.29, 0.717) is 23.5 Å². The number of amides is 1. The molecule has 2 aromatic heterocycles. The van der Waals surface area contributed by atoms with Crippen molar-refractivity contribution in [2.24, 2.45) is 0 Å². The van der Waals surface area contributed by atoms with Crippen LogP contribution < -0.4 is 5.32 Å². The van der Waals surface area contributed by atoms with E-state index in [-0.39, 0.29) is 12.3 Å². The van der Waals surface area contributed by atoms with Crippen molar-refractivity contribution in [3.63, 3.8) is 0 Å². The lowest BCUT2D eigenvalue weighted by atomic mass is 10.2. The average molecular weight is 370 g/mol. The van der Waals surface area contributed by atoms with Gasteiger partial charge in [-0.2, -0.15) is 0 Å². The fraction of sp³-hybridized carbons (Fsp3) is 0.231. The number of aryl methyl sites for hydroxylation is 1. The molecule has 0 radical (unpaired) electrons. The number of carboxylic acid groups (broad SMARTS) is 1. The van der Waals surface area contributed by atoms with Gasteiger partial charge in [-0.3, -0.25) is 19.9 Å². The molecule has 2 rings (SSSR count). The highest BCUT2D eigenvalue weighted by Crippen LogP contribution is 2.18. The molecule has 0 bridgehead atoms. The number of rotatable bonds is 6. The highest BCUT2D eigenvalue weighted by molar-refractivity contribution is 9.10. The van der Waals surface area contributed by atoms with Crippen LogP contribution >= 0.6 is 27.3 Å². The maximum absolute atomic E-state index is 12.0. The van der Waals surface area contributed by atoms with E-state index in [2.05, 4.69) is 31.2 Å². The third-order valence-electron chi connectivity index (χ3n) is 2.56. The molecule has 0 spiro atoms. The average Bonchev–Trinajstić information content (AvgIpc) is 2.86. The lowest BCUT2D eigenvalue weighted by molar-refractivity contribution is -0.137. The molecule has 2 aromatic rings. The number of thiazole rings is 1. The second-order valence-corrected chi connectivity index (χ2v) is 6.01. The van der Waals surface area contributed by atoms with E-state index in [1.54, 1.807) is 12.3 Å². The second kappa shape index (κ2) is 7.28. The van der Waals surface area contributed by atoms with Crippen molar-refractivity contribution < 1.29 is 14.7 Å². The van der Waals surface area contributed by atoms with Gasteiger partial charge in [0.05, 0.1) is 11.3 Å². The van der Waals surface area contributed by atoms with Gasteiger partial charge in [-0.25, -0.2) is 4.98 Å². The number of nitrogens with one attached hydrogen (secondary N) is 1. The number of carboxylic acids is 1. The Hall–Kier alpha value is -1.80. The molecule has 0 unspecified atom stereocenters. The molecular formula is C13H12BrN3O3S. The summed E-state index contributed by atoms with van der Waals surface area (Å²) in [7, 11) is 0. The van der Waals surface area contributed by atoms with Gasteiger partial charge >= 0.3 is 5.97 Å². The van der Waals surface area contributed by atoms with Crippen molar-refractivity contribution in [1.29, 1.82) is 0 Å². The Labute approximate surface area is 133 Å². The van der Waals surface area contributed by atoms with Gasteiger partial charge in [0.15, 0.2) is 5.13 Å². The fourth-order valence-electron chi connectivity index (χ4n) is 1.61. The molecular weight excluding hydrogens is 358 g/mol. The molecule has 0 aliphatic rings. The summed E-state index contributed by atoms with van der Waals surface area (Å²) in [6.07, 6.45) is 4.30. The lowest BCUT2D eigenvalue weighted by Crippen LogP contribution is -2.12. The number of hydrogen-bond acceptors (Lipinski definition) is 5. The standard InChI is InChI=1S/C13H12BrN3O3S/c14-9-4-8(5-15-6-9)12(20)17-13-16-10(7-21-13)2-1-3-11(18)19/h4-7H,1-3H2,(H,18,19)(H,16,17,20). The van der Waals surface area contributed by atoms with Crippen molar-refractivity contribution >= 4 is 44.3 Å². The zero-order valence-corrected chi connectivity index (χ0v) is 13.3. The van der Waals surface area contributed by atoms with Gasteiger partial charge in [-0.05, 0) is 34.8 Å². The number of aliphatic carboxylic acids is 1. The zero-order valence-electron chi connectivity index (χ0n) is 10.9. The second-order valence-electron chi connectivity index (χ2n) is 4.24. The van der Waals surface area contributed by atoms with Crippen LogP contribution in [0.25, 0.3) is 0 Å². The minimum atomic E-state index is -0.819. The molecule has 8 heteroatoms. The Balaban J connectivity index is 1.93. The van der Waals surface area contributed by atoms with Crippen molar-refractivity contribution in [3.05, 3.63) is 39.6 Å². The molecule has 0 aliphatic carbocycles. The largest absolute Gasteiger partial charge is 0.481 e. The molecule has 0 aliphatic heterocycles. The number of anilines is 1. The fourth-order valence-corrected chi connectivity index (χ4v) is 2.71. The third kappa shape index (κ3) is 4.91. The first kappa shape index (κ1) is 15.6. The molecule has 1 amide bonds. The van der Waals surface area contributed by atoms with E-state index < -0.39 is 5.97 Å². The lowest BCUT2D eigenvalue weighted by Gasteiger charge is -2.01. The van der Waals surface area contributed by atoms with Crippen molar-refractivity contribution in [1.82, 2.24) is 9.97 Å². The summed E-state index contributed by atoms with van der Waals surface area (Å²) < 4.78 is 0.726. The predicted molar refractivity (Wildman–Crippen MR) is 82.6 cm³/mol. The number of carbonyl (C=O) groups is 2. The van der Waals surface area contributed by atoms with Gasteiger partial charge in [0.1, 0.15) is 0 Å². The van der Waals surface area contributed by atoms with Crippen LogP contribution in [0.1, 0.15) is 28.9 Å².